The molecule has 22 heavy (non-hydrogen) atoms. The van der Waals surface area contributed by atoms with Crippen LogP contribution in [-0.2, 0) is 23.0 Å². The van der Waals surface area contributed by atoms with Crippen LogP contribution in [0, 0.1) is 0 Å². The second kappa shape index (κ2) is 7.96. The van der Waals surface area contributed by atoms with Gasteiger partial charge in [-0.25, -0.2) is 8.42 Å². The van der Waals surface area contributed by atoms with Crippen molar-refractivity contribution in [3.63, 3.8) is 0 Å². The molecule has 0 aliphatic heterocycles. The first-order valence-corrected chi connectivity index (χ1v) is 9.23. The minimum atomic E-state index is -2.90. The molecular formula is C17H21NO3S. The van der Waals surface area contributed by atoms with E-state index in [1.54, 1.807) is 0 Å². The van der Waals surface area contributed by atoms with Crippen LogP contribution in [0.15, 0.2) is 54.6 Å². The second-order valence-corrected chi connectivity index (χ2v) is 7.48. The van der Waals surface area contributed by atoms with E-state index in [1.165, 1.54) is 6.26 Å². The summed E-state index contributed by atoms with van der Waals surface area (Å²) in [5.74, 6) is 0.981. The van der Waals surface area contributed by atoms with Gasteiger partial charge < -0.3 is 10.1 Å². The lowest BCUT2D eigenvalue weighted by molar-refractivity contribution is 0.306. The topological polar surface area (TPSA) is 55.4 Å². The fourth-order valence-electron chi connectivity index (χ4n) is 1.93. The Morgan fingerprint density at radius 1 is 0.955 bits per heavy atom. The van der Waals surface area contributed by atoms with Gasteiger partial charge in [-0.2, -0.15) is 0 Å². The molecule has 0 spiro atoms. The van der Waals surface area contributed by atoms with E-state index in [-0.39, 0.29) is 5.75 Å². The molecule has 0 amide bonds. The van der Waals surface area contributed by atoms with Gasteiger partial charge in [-0.1, -0.05) is 42.5 Å². The Hall–Kier alpha value is -1.85. The summed E-state index contributed by atoms with van der Waals surface area (Å²) in [5.41, 5.74) is 2.23. The van der Waals surface area contributed by atoms with E-state index in [9.17, 15) is 8.42 Å². The van der Waals surface area contributed by atoms with Crippen LogP contribution in [0.5, 0.6) is 5.75 Å². The van der Waals surface area contributed by atoms with Crippen molar-refractivity contribution in [1.82, 2.24) is 5.32 Å². The van der Waals surface area contributed by atoms with Gasteiger partial charge in [0, 0.05) is 19.3 Å². The van der Waals surface area contributed by atoms with Crippen LogP contribution in [0.25, 0.3) is 0 Å². The highest BCUT2D eigenvalue weighted by Crippen LogP contribution is 2.14. The number of sulfone groups is 1. The van der Waals surface area contributed by atoms with Crippen molar-refractivity contribution in [1.29, 1.82) is 0 Å². The van der Waals surface area contributed by atoms with Crippen LogP contribution in [0.4, 0.5) is 0 Å². The summed E-state index contributed by atoms with van der Waals surface area (Å²) in [6.07, 6.45) is 1.24. The molecule has 4 nitrogen and oxygen atoms in total. The molecule has 0 aliphatic carbocycles. The Morgan fingerprint density at radius 3 is 2.27 bits per heavy atom. The lowest BCUT2D eigenvalue weighted by Crippen LogP contribution is -2.21. The van der Waals surface area contributed by atoms with E-state index in [1.807, 2.05) is 54.6 Å². The number of ether oxygens (including phenoxy) is 1. The highest BCUT2D eigenvalue weighted by molar-refractivity contribution is 7.90. The van der Waals surface area contributed by atoms with Gasteiger partial charge in [-0.3, -0.25) is 0 Å². The van der Waals surface area contributed by atoms with Crippen molar-refractivity contribution >= 4 is 9.84 Å². The lowest BCUT2D eigenvalue weighted by atomic mass is 10.2. The summed E-state index contributed by atoms with van der Waals surface area (Å²) < 4.78 is 27.8. The lowest BCUT2D eigenvalue weighted by Gasteiger charge is -2.08. The largest absolute Gasteiger partial charge is 0.489 e. The van der Waals surface area contributed by atoms with Gasteiger partial charge >= 0.3 is 0 Å². The van der Waals surface area contributed by atoms with Gasteiger partial charge in [0.2, 0.25) is 0 Å². The molecule has 5 heteroatoms. The normalized spacial score (nSPS) is 11.3. The number of benzene rings is 2. The van der Waals surface area contributed by atoms with Crippen LogP contribution in [-0.4, -0.2) is 27.0 Å². The number of rotatable bonds is 8. The van der Waals surface area contributed by atoms with Crippen LogP contribution >= 0.6 is 0 Å². The van der Waals surface area contributed by atoms with Crippen molar-refractivity contribution in [3.05, 3.63) is 65.7 Å². The molecule has 0 saturated carbocycles. The fraction of sp³-hybridized carbons (Fsp3) is 0.294. The second-order valence-electron chi connectivity index (χ2n) is 5.22. The van der Waals surface area contributed by atoms with E-state index < -0.39 is 9.84 Å². The molecule has 0 radical (unpaired) electrons. The van der Waals surface area contributed by atoms with Crippen molar-refractivity contribution in [2.75, 3.05) is 18.6 Å². The van der Waals surface area contributed by atoms with Gasteiger partial charge in [0.1, 0.15) is 22.2 Å². The molecule has 0 aromatic heterocycles. The third-order valence-corrected chi connectivity index (χ3v) is 4.10. The molecule has 0 aliphatic rings. The maximum Gasteiger partial charge on any atom is 0.148 e. The molecule has 2 rings (SSSR count). The van der Waals surface area contributed by atoms with E-state index in [0.29, 0.717) is 19.7 Å². The van der Waals surface area contributed by atoms with Gasteiger partial charge in [0.15, 0.2) is 0 Å². The van der Waals surface area contributed by atoms with Crippen molar-refractivity contribution in [2.24, 2.45) is 0 Å². The maximum atomic E-state index is 11.0. The van der Waals surface area contributed by atoms with Gasteiger partial charge in [-0.15, -0.1) is 0 Å². The summed E-state index contributed by atoms with van der Waals surface area (Å²) in [6, 6.07) is 17.8. The first kappa shape index (κ1) is 16.5. The Balaban J connectivity index is 1.75. The van der Waals surface area contributed by atoms with Crippen LogP contribution in [0.3, 0.4) is 0 Å². The highest BCUT2D eigenvalue weighted by Gasteiger charge is 2.01. The predicted octanol–water partition coefficient (Wildman–Crippen LogP) is 2.40. The number of hydrogen-bond donors (Lipinski definition) is 1. The molecule has 0 atom stereocenters. The summed E-state index contributed by atoms with van der Waals surface area (Å²) in [7, 11) is -2.90. The van der Waals surface area contributed by atoms with Crippen molar-refractivity contribution < 1.29 is 13.2 Å². The monoisotopic (exact) mass is 319 g/mol. The third kappa shape index (κ3) is 6.28. The van der Waals surface area contributed by atoms with Crippen LogP contribution in [0.1, 0.15) is 11.1 Å². The standard InChI is InChI=1S/C17H21NO3S/c1-22(19,20)12-11-18-13-15-7-9-17(10-8-15)21-14-16-5-3-2-4-6-16/h2-10,18H,11-14H2,1H3. The van der Waals surface area contributed by atoms with E-state index in [0.717, 1.165) is 16.9 Å². The zero-order valence-electron chi connectivity index (χ0n) is 12.7. The van der Waals surface area contributed by atoms with E-state index >= 15 is 0 Å². The van der Waals surface area contributed by atoms with E-state index in [4.69, 9.17) is 4.74 Å². The van der Waals surface area contributed by atoms with Crippen molar-refractivity contribution in [2.45, 2.75) is 13.2 Å². The van der Waals surface area contributed by atoms with Crippen LogP contribution in [0.2, 0.25) is 0 Å². The SMILES string of the molecule is CS(=O)(=O)CCNCc1ccc(OCc2ccccc2)cc1. The molecule has 118 valence electrons. The summed E-state index contributed by atoms with van der Waals surface area (Å²) in [4.78, 5) is 0. The number of hydrogen-bond acceptors (Lipinski definition) is 4. The minimum absolute atomic E-state index is 0.158. The Labute approximate surface area is 132 Å². The zero-order chi connectivity index (χ0) is 15.8. The Bertz CT molecular complexity index is 667. The van der Waals surface area contributed by atoms with Crippen LogP contribution < -0.4 is 10.1 Å². The Kier molecular flexibility index (Phi) is 5.98. The molecule has 0 unspecified atom stereocenters. The molecule has 0 heterocycles. The quantitative estimate of drug-likeness (QED) is 0.759. The zero-order valence-corrected chi connectivity index (χ0v) is 13.5. The molecule has 0 bridgehead atoms. The Morgan fingerprint density at radius 2 is 1.64 bits per heavy atom. The van der Waals surface area contributed by atoms with Gasteiger partial charge in [0.05, 0.1) is 5.75 Å². The van der Waals surface area contributed by atoms with E-state index in [2.05, 4.69) is 5.32 Å². The fourth-order valence-corrected chi connectivity index (χ4v) is 2.45. The average molecular weight is 319 g/mol. The molecular weight excluding hydrogens is 298 g/mol. The average Bonchev–Trinajstić information content (AvgIpc) is 2.51. The van der Waals surface area contributed by atoms with Gasteiger partial charge in [0.25, 0.3) is 0 Å². The molecule has 0 saturated heterocycles. The number of nitrogens with one attached hydrogen (secondary N) is 1. The molecule has 1 N–H and O–H groups in total. The smallest absolute Gasteiger partial charge is 0.148 e. The third-order valence-electron chi connectivity index (χ3n) is 3.15. The first-order valence-electron chi connectivity index (χ1n) is 7.17. The maximum absolute atomic E-state index is 11.0. The van der Waals surface area contributed by atoms with Gasteiger partial charge in [-0.05, 0) is 23.3 Å². The molecule has 0 fully saturated rings. The minimum Gasteiger partial charge on any atom is -0.489 e. The van der Waals surface area contributed by atoms with Crippen molar-refractivity contribution in [3.8, 4) is 5.75 Å². The predicted molar refractivity (Wildman–Crippen MR) is 88.6 cm³/mol. The summed E-state index contributed by atoms with van der Waals surface area (Å²) >= 11 is 0. The molecule has 2 aromatic rings. The summed E-state index contributed by atoms with van der Waals surface area (Å²) in [6.45, 7) is 1.66. The first-order chi connectivity index (χ1) is 10.5. The summed E-state index contributed by atoms with van der Waals surface area (Å²) in [5, 5.41) is 3.12. The molecule has 2 aromatic carbocycles. The highest BCUT2D eigenvalue weighted by atomic mass is 32.2.